The van der Waals surface area contributed by atoms with Crippen molar-refractivity contribution < 1.29 is 5.11 Å². The predicted molar refractivity (Wildman–Crippen MR) is 52.0 cm³/mol. The minimum atomic E-state index is -0.459. The summed E-state index contributed by atoms with van der Waals surface area (Å²) in [6.07, 6.45) is 9.30. The number of hydrogen-bond donors (Lipinski definition) is 1. The summed E-state index contributed by atoms with van der Waals surface area (Å²) in [5, 5.41) is 9.71. The van der Waals surface area contributed by atoms with Crippen molar-refractivity contribution in [2.24, 2.45) is 0 Å². The molecule has 0 amide bonds. The molecule has 0 saturated heterocycles. The summed E-state index contributed by atoms with van der Waals surface area (Å²) in [5.41, 5.74) is 1.93. The van der Waals surface area contributed by atoms with E-state index in [9.17, 15) is 5.11 Å². The van der Waals surface area contributed by atoms with Gasteiger partial charge in [-0.15, -0.1) is 12.3 Å². The zero-order valence-corrected chi connectivity index (χ0v) is 7.70. The summed E-state index contributed by atoms with van der Waals surface area (Å²) in [5.74, 6) is 2.51. The molecule has 1 heterocycles. The molecule has 1 atom stereocenters. The molecule has 1 aromatic rings. The molecule has 0 bridgehead atoms. The van der Waals surface area contributed by atoms with Crippen LogP contribution in [-0.2, 0) is 0 Å². The number of pyridine rings is 1. The number of hydrogen-bond acceptors (Lipinski definition) is 2. The molecule has 1 aromatic heterocycles. The molecule has 0 aromatic carbocycles. The third kappa shape index (κ3) is 2.57. The second-order valence-corrected chi connectivity index (χ2v) is 2.99. The van der Waals surface area contributed by atoms with Gasteiger partial charge in [-0.3, -0.25) is 4.98 Å². The van der Waals surface area contributed by atoms with Crippen molar-refractivity contribution in [1.29, 1.82) is 0 Å². The minimum absolute atomic E-state index is 0.459. The van der Waals surface area contributed by atoms with Gasteiger partial charge in [0.05, 0.1) is 6.10 Å². The van der Waals surface area contributed by atoms with E-state index in [-0.39, 0.29) is 0 Å². The van der Waals surface area contributed by atoms with Gasteiger partial charge in [0.25, 0.3) is 0 Å². The number of aryl methyl sites for hydroxylation is 1. The molecular weight excluding hydrogens is 162 g/mol. The van der Waals surface area contributed by atoms with Gasteiger partial charge in [-0.1, -0.05) is 0 Å². The lowest BCUT2D eigenvalue weighted by molar-refractivity contribution is 0.168. The highest BCUT2D eigenvalue weighted by Gasteiger charge is 2.08. The molecule has 0 fully saturated rings. The maximum Gasteiger partial charge on any atom is 0.0802 e. The first kappa shape index (κ1) is 9.76. The van der Waals surface area contributed by atoms with E-state index >= 15 is 0 Å². The van der Waals surface area contributed by atoms with Gasteiger partial charge < -0.3 is 5.11 Å². The minimum Gasteiger partial charge on any atom is -0.388 e. The molecule has 2 nitrogen and oxygen atoms in total. The van der Waals surface area contributed by atoms with Crippen LogP contribution in [0.1, 0.15) is 30.1 Å². The molecule has 0 spiro atoms. The van der Waals surface area contributed by atoms with Gasteiger partial charge in [0, 0.05) is 18.8 Å². The van der Waals surface area contributed by atoms with Gasteiger partial charge in [0.1, 0.15) is 0 Å². The highest BCUT2D eigenvalue weighted by molar-refractivity contribution is 5.23. The zero-order chi connectivity index (χ0) is 9.68. The standard InChI is InChI=1S/C11H13NO/c1-3-4-5-11(13)10-6-7-12-8-9(10)2/h1,6-8,11,13H,4-5H2,2H3. The summed E-state index contributed by atoms with van der Waals surface area (Å²) in [6, 6.07) is 1.83. The second-order valence-electron chi connectivity index (χ2n) is 2.99. The molecule has 1 rings (SSSR count). The number of terminal acetylenes is 1. The zero-order valence-electron chi connectivity index (χ0n) is 7.70. The van der Waals surface area contributed by atoms with E-state index < -0.39 is 6.10 Å². The average molecular weight is 175 g/mol. The molecule has 0 aliphatic heterocycles. The molecule has 2 heteroatoms. The van der Waals surface area contributed by atoms with Crippen molar-refractivity contribution in [1.82, 2.24) is 4.98 Å². The highest BCUT2D eigenvalue weighted by Crippen LogP contribution is 2.20. The predicted octanol–water partition coefficient (Wildman–Crippen LogP) is 1.84. The second kappa shape index (κ2) is 4.64. The Hall–Kier alpha value is -1.33. The van der Waals surface area contributed by atoms with Crippen LogP contribution in [-0.4, -0.2) is 10.1 Å². The van der Waals surface area contributed by atoms with Crippen molar-refractivity contribution >= 4 is 0 Å². The Morgan fingerprint density at radius 1 is 1.69 bits per heavy atom. The maximum atomic E-state index is 9.71. The summed E-state index contributed by atoms with van der Waals surface area (Å²) in [6.45, 7) is 1.93. The average Bonchev–Trinajstić information content (AvgIpc) is 2.15. The Kier molecular flexibility index (Phi) is 3.48. The Morgan fingerprint density at radius 3 is 3.08 bits per heavy atom. The van der Waals surface area contributed by atoms with E-state index in [4.69, 9.17) is 6.42 Å². The van der Waals surface area contributed by atoms with Crippen LogP contribution in [0, 0.1) is 19.3 Å². The van der Waals surface area contributed by atoms with Crippen molar-refractivity contribution in [2.45, 2.75) is 25.9 Å². The third-order valence-electron chi connectivity index (χ3n) is 1.98. The summed E-state index contributed by atoms with van der Waals surface area (Å²) >= 11 is 0. The van der Waals surface area contributed by atoms with E-state index in [1.54, 1.807) is 12.4 Å². The van der Waals surface area contributed by atoms with Crippen LogP contribution in [0.2, 0.25) is 0 Å². The van der Waals surface area contributed by atoms with Gasteiger partial charge in [-0.2, -0.15) is 0 Å². The molecule has 68 valence electrons. The van der Waals surface area contributed by atoms with Crippen LogP contribution < -0.4 is 0 Å². The molecule has 0 aliphatic rings. The first-order valence-electron chi connectivity index (χ1n) is 4.27. The van der Waals surface area contributed by atoms with Gasteiger partial charge in [-0.25, -0.2) is 0 Å². The van der Waals surface area contributed by atoms with E-state index in [1.165, 1.54) is 0 Å². The first-order chi connectivity index (χ1) is 6.25. The van der Waals surface area contributed by atoms with Crippen LogP contribution in [0.3, 0.4) is 0 Å². The number of aliphatic hydroxyl groups is 1. The topological polar surface area (TPSA) is 33.1 Å². The summed E-state index contributed by atoms with van der Waals surface area (Å²) < 4.78 is 0. The van der Waals surface area contributed by atoms with E-state index in [0.29, 0.717) is 12.8 Å². The van der Waals surface area contributed by atoms with E-state index in [2.05, 4.69) is 10.9 Å². The molecule has 0 saturated carbocycles. The van der Waals surface area contributed by atoms with Crippen molar-refractivity contribution in [3.8, 4) is 12.3 Å². The Bertz CT molecular complexity index is 314. The Balaban J connectivity index is 2.72. The third-order valence-corrected chi connectivity index (χ3v) is 1.98. The lowest BCUT2D eigenvalue weighted by atomic mass is 10.0. The molecule has 1 unspecified atom stereocenters. The van der Waals surface area contributed by atoms with Crippen molar-refractivity contribution in [3.05, 3.63) is 29.6 Å². The van der Waals surface area contributed by atoms with Gasteiger partial charge in [-0.05, 0) is 30.5 Å². The van der Waals surface area contributed by atoms with Crippen molar-refractivity contribution in [2.75, 3.05) is 0 Å². The lowest BCUT2D eigenvalue weighted by Crippen LogP contribution is -1.99. The van der Waals surface area contributed by atoms with Crippen LogP contribution >= 0.6 is 0 Å². The van der Waals surface area contributed by atoms with E-state index in [1.807, 2.05) is 13.0 Å². The van der Waals surface area contributed by atoms with Crippen LogP contribution in [0.4, 0.5) is 0 Å². The molecule has 0 aliphatic carbocycles. The van der Waals surface area contributed by atoms with Crippen LogP contribution in [0.5, 0.6) is 0 Å². The highest BCUT2D eigenvalue weighted by atomic mass is 16.3. The van der Waals surface area contributed by atoms with Gasteiger partial charge in [0.15, 0.2) is 0 Å². The lowest BCUT2D eigenvalue weighted by Gasteiger charge is -2.11. The van der Waals surface area contributed by atoms with Crippen molar-refractivity contribution in [3.63, 3.8) is 0 Å². The Morgan fingerprint density at radius 2 is 2.46 bits per heavy atom. The quantitative estimate of drug-likeness (QED) is 0.711. The van der Waals surface area contributed by atoms with Gasteiger partial charge >= 0.3 is 0 Å². The molecular formula is C11H13NO. The van der Waals surface area contributed by atoms with Crippen LogP contribution in [0.25, 0.3) is 0 Å². The summed E-state index contributed by atoms with van der Waals surface area (Å²) in [4.78, 5) is 3.96. The fraction of sp³-hybridized carbons (Fsp3) is 0.364. The molecule has 0 radical (unpaired) electrons. The smallest absolute Gasteiger partial charge is 0.0802 e. The maximum absolute atomic E-state index is 9.71. The molecule has 1 N–H and O–H groups in total. The fourth-order valence-electron chi connectivity index (χ4n) is 1.23. The molecule has 13 heavy (non-hydrogen) atoms. The number of nitrogens with zero attached hydrogens (tertiary/aromatic N) is 1. The monoisotopic (exact) mass is 175 g/mol. The fourth-order valence-corrected chi connectivity index (χ4v) is 1.23. The SMILES string of the molecule is C#CCCC(O)c1ccncc1C. The number of rotatable bonds is 3. The first-order valence-corrected chi connectivity index (χ1v) is 4.27. The number of aromatic nitrogens is 1. The Labute approximate surface area is 78.6 Å². The van der Waals surface area contributed by atoms with Crippen LogP contribution in [0.15, 0.2) is 18.5 Å². The number of aliphatic hydroxyl groups excluding tert-OH is 1. The largest absolute Gasteiger partial charge is 0.388 e. The summed E-state index contributed by atoms with van der Waals surface area (Å²) in [7, 11) is 0. The normalized spacial score (nSPS) is 12.1. The van der Waals surface area contributed by atoms with Gasteiger partial charge in [0.2, 0.25) is 0 Å². The van der Waals surface area contributed by atoms with E-state index in [0.717, 1.165) is 11.1 Å².